The first-order valence-electron chi connectivity index (χ1n) is 6.45. The quantitative estimate of drug-likeness (QED) is 0.880. The van der Waals surface area contributed by atoms with E-state index in [4.69, 9.17) is 10.5 Å². The van der Waals surface area contributed by atoms with Gasteiger partial charge in [-0.05, 0) is 24.3 Å². The molecule has 0 aliphatic rings. The van der Waals surface area contributed by atoms with E-state index in [1.807, 2.05) is 0 Å². The minimum Gasteiger partial charge on any atom is -0.497 e. The van der Waals surface area contributed by atoms with Gasteiger partial charge in [0.25, 0.3) is 5.91 Å². The number of carbonyl (C=O) groups is 1. The molecular weight excluding hydrogens is 271 g/mol. The van der Waals surface area contributed by atoms with Crippen molar-refractivity contribution in [2.24, 2.45) is 0 Å². The number of anilines is 1. The average molecular weight is 288 g/mol. The molecule has 0 saturated heterocycles. The molecule has 0 aliphatic heterocycles. The summed E-state index contributed by atoms with van der Waals surface area (Å²) in [6.07, 6.45) is 0. The number of rotatable bonds is 4. The molecule has 2 N–H and O–H groups in total. The van der Waals surface area contributed by atoms with Crippen molar-refractivity contribution in [3.05, 3.63) is 59.4 Å². The van der Waals surface area contributed by atoms with Crippen LogP contribution < -0.4 is 10.5 Å². The maximum absolute atomic E-state index is 13.6. The summed E-state index contributed by atoms with van der Waals surface area (Å²) < 4.78 is 18.7. The number of benzene rings is 2. The predicted molar refractivity (Wildman–Crippen MR) is 79.6 cm³/mol. The van der Waals surface area contributed by atoms with Gasteiger partial charge in [0.1, 0.15) is 11.6 Å². The third kappa shape index (κ3) is 3.31. The summed E-state index contributed by atoms with van der Waals surface area (Å²) in [4.78, 5) is 13.8. The zero-order chi connectivity index (χ0) is 15.4. The van der Waals surface area contributed by atoms with E-state index >= 15 is 0 Å². The lowest BCUT2D eigenvalue weighted by Gasteiger charge is -2.19. The third-order valence-corrected chi connectivity index (χ3v) is 3.20. The van der Waals surface area contributed by atoms with Crippen molar-refractivity contribution in [3.63, 3.8) is 0 Å². The highest BCUT2D eigenvalue weighted by Gasteiger charge is 2.17. The molecule has 2 rings (SSSR count). The summed E-state index contributed by atoms with van der Waals surface area (Å²) >= 11 is 0. The predicted octanol–water partition coefficient (Wildman–Crippen LogP) is 2.69. The molecule has 1 amide bonds. The molecule has 0 bridgehead atoms. The molecule has 0 atom stereocenters. The van der Waals surface area contributed by atoms with Gasteiger partial charge in [0.15, 0.2) is 0 Å². The molecule has 0 saturated carbocycles. The Morgan fingerprint density at radius 2 is 2.00 bits per heavy atom. The van der Waals surface area contributed by atoms with E-state index in [0.29, 0.717) is 22.6 Å². The van der Waals surface area contributed by atoms with Gasteiger partial charge in [0, 0.05) is 24.8 Å². The highest BCUT2D eigenvalue weighted by atomic mass is 19.1. The van der Waals surface area contributed by atoms with Crippen LogP contribution in [0.1, 0.15) is 15.9 Å². The molecule has 0 heterocycles. The molecule has 0 radical (unpaired) electrons. The summed E-state index contributed by atoms with van der Waals surface area (Å²) in [5.74, 6) is -0.0720. The zero-order valence-electron chi connectivity index (χ0n) is 12.0. The number of halogens is 1. The lowest BCUT2D eigenvalue weighted by molar-refractivity contribution is 0.0784. The first kappa shape index (κ1) is 14.8. The minimum absolute atomic E-state index is 0.169. The Morgan fingerprint density at radius 1 is 1.29 bits per heavy atom. The largest absolute Gasteiger partial charge is 0.497 e. The van der Waals surface area contributed by atoms with Crippen LogP contribution in [0.25, 0.3) is 0 Å². The van der Waals surface area contributed by atoms with Crippen LogP contribution >= 0.6 is 0 Å². The number of nitrogen functional groups attached to an aromatic ring is 1. The average Bonchev–Trinajstić information content (AvgIpc) is 2.49. The molecule has 110 valence electrons. The third-order valence-electron chi connectivity index (χ3n) is 3.20. The van der Waals surface area contributed by atoms with Gasteiger partial charge in [-0.2, -0.15) is 0 Å². The number of nitrogens with zero attached hydrogens (tertiary/aromatic N) is 1. The highest BCUT2D eigenvalue weighted by Crippen LogP contribution is 2.21. The fourth-order valence-corrected chi connectivity index (χ4v) is 2.01. The summed E-state index contributed by atoms with van der Waals surface area (Å²) in [7, 11) is 3.12. The topological polar surface area (TPSA) is 55.6 Å². The zero-order valence-corrected chi connectivity index (χ0v) is 12.0. The molecule has 2 aromatic carbocycles. The van der Waals surface area contributed by atoms with Crippen LogP contribution in [-0.4, -0.2) is 25.0 Å². The Hall–Kier alpha value is -2.56. The van der Waals surface area contributed by atoms with Crippen LogP contribution in [0, 0.1) is 5.82 Å². The van der Waals surface area contributed by atoms with Gasteiger partial charge >= 0.3 is 0 Å². The van der Waals surface area contributed by atoms with Gasteiger partial charge in [-0.1, -0.05) is 18.2 Å². The summed E-state index contributed by atoms with van der Waals surface area (Å²) in [6, 6.07) is 11.2. The molecule has 21 heavy (non-hydrogen) atoms. The maximum Gasteiger partial charge on any atom is 0.256 e. The maximum atomic E-state index is 13.6. The fraction of sp³-hybridized carbons (Fsp3) is 0.188. The van der Waals surface area contributed by atoms with E-state index in [1.165, 1.54) is 18.1 Å². The first-order chi connectivity index (χ1) is 10.0. The number of ether oxygens (including phenoxy) is 1. The lowest BCUT2D eigenvalue weighted by atomic mass is 10.1. The van der Waals surface area contributed by atoms with Crippen molar-refractivity contribution in [2.75, 3.05) is 19.9 Å². The Morgan fingerprint density at radius 3 is 2.67 bits per heavy atom. The number of hydrogen-bond donors (Lipinski definition) is 1. The van der Waals surface area contributed by atoms with Crippen molar-refractivity contribution >= 4 is 11.6 Å². The van der Waals surface area contributed by atoms with E-state index in [1.54, 1.807) is 43.4 Å². The van der Waals surface area contributed by atoms with Crippen LogP contribution in [0.3, 0.4) is 0 Å². The van der Waals surface area contributed by atoms with Crippen LogP contribution in [-0.2, 0) is 6.54 Å². The van der Waals surface area contributed by atoms with Crippen molar-refractivity contribution < 1.29 is 13.9 Å². The number of amides is 1. The normalized spacial score (nSPS) is 10.2. The molecule has 0 aromatic heterocycles. The van der Waals surface area contributed by atoms with Crippen molar-refractivity contribution in [1.82, 2.24) is 4.90 Å². The second-order valence-electron chi connectivity index (χ2n) is 4.71. The van der Waals surface area contributed by atoms with E-state index < -0.39 is 0 Å². The van der Waals surface area contributed by atoms with Gasteiger partial charge in [-0.3, -0.25) is 4.79 Å². The molecule has 0 unspecified atom stereocenters. The minimum atomic E-state index is -0.337. The van der Waals surface area contributed by atoms with Crippen LogP contribution in [0.5, 0.6) is 5.75 Å². The smallest absolute Gasteiger partial charge is 0.256 e. The molecule has 0 fully saturated rings. The molecular formula is C16H17FN2O2. The standard InChI is InChI=1S/C16H17FN2O2/c1-19(10-11-5-3-4-6-14(11)17)16(20)13-9-12(21-2)7-8-15(13)18/h3-9H,10,18H2,1-2H3. The molecule has 4 nitrogen and oxygen atoms in total. The van der Waals surface area contributed by atoms with E-state index in [0.717, 1.165) is 0 Å². The van der Waals surface area contributed by atoms with Crippen molar-refractivity contribution in [2.45, 2.75) is 6.54 Å². The van der Waals surface area contributed by atoms with Gasteiger partial charge in [0.05, 0.1) is 12.7 Å². The van der Waals surface area contributed by atoms with Gasteiger partial charge < -0.3 is 15.4 Å². The van der Waals surface area contributed by atoms with E-state index in [9.17, 15) is 9.18 Å². The number of nitrogens with two attached hydrogens (primary N) is 1. The Labute approximate surface area is 122 Å². The van der Waals surface area contributed by atoms with Crippen molar-refractivity contribution in [1.29, 1.82) is 0 Å². The van der Waals surface area contributed by atoms with Gasteiger partial charge in [-0.25, -0.2) is 4.39 Å². The molecule has 2 aromatic rings. The second kappa shape index (κ2) is 6.26. The SMILES string of the molecule is COc1ccc(N)c(C(=O)N(C)Cc2ccccc2F)c1. The number of hydrogen-bond acceptors (Lipinski definition) is 3. The molecule has 5 heteroatoms. The number of carbonyl (C=O) groups excluding carboxylic acids is 1. The highest BCUT2D eigenvalue weighted by molar-refractivity contribution is 5.99. The molecule has 0 spiro atoms. The second-order valence-corrected chi connectivity index (χ2v) is 4.71. The fourth-order valence-electron chi connectivity index (χ4n) is 2.01. The summed E-state index contributed by atoms with van der Waals surface area (Å²) in [5, 5.41) is 0. The number of methoxy groups -OCH3 is 1. The monoisotopic (exact) mass is 288 g/mol. The van der Waals surface area contributed by atoms with Crippen LogP contribution in [0.15, 0.2) is 42.5 Å². The van der Waals surface area contributed by atoms with Crippen molar-refractivity contribution in [3.8, 4) is 5.75 Å². The Bertz CT molecular complexity index is 658. The summed E-state index contributed by atoms with van der Waals surface area (Å²) in [5.41, 5.74) is 6.99. The van der Waals surface area contributed by atoms with Crippen LogP contribution in [0.4, 0.5) is 10.1 Å². The van der Waals surface area contributed by atoms with Gasteiger partial charge in [0.2, 0.25) is 0 Å². The Kier molecular flexibility index (Phi) is 4.42. The lowest BCUT2D eigenvalue weighted by Crippen LogP contribution is -2.27. The summed E-state index contributed by atoms with van der Waals surface area (Å²) in [6.45, 7) is 0.169. The first-order valence-corrected chi connectivity index (χ1v) is 6.45. The van der Waals surface area contributed by atoms with Gasteiger partial charge in [-0.15, -0.1) is 0 Å². The Balaban J connectivity index is 2.22. The molecule has 0 aliphatic carbocycles. The van der Waals surface area contributed by atoms with E-state index in [-0.39, 0.29) is 18.3 Å². The van der Waals surface area contributed by atoms with E-state index in [2.05, 4.69) is 0 Å². The van der Waals surface area contributed by atoms with Crippen LogP contribution in [0.2, 0.25) is 0 Å².